The van der Waals surface area contributed by atoms with Crippen molar-refractivity contribution >= 4 is 11.8 Å². The van der Waals surface area contributed by atoms with Crippen LogP contribution in [0.2, 0.25) is 0 Å². The third kappa shape index (κ3) is 4.01. The fourth-order valence-electron chi connectivity index (χ4n) is 3.63. The Morgan fingerprint density at radius 2 is 2.05 bits per heavy atom. The van der Waals surface area contributed by atoms with Crippen LogP contribution < -0.4 is 5.32 Å². The van der Waals surface area contributed by atoms with Crippen molar-refractivity contribution in [3.8, 4) is 0 Å². The van der Waals surface area contributed by atoms with Gasteiger partial charge in [-0.05, 0) is 43.9 Å². The van der Waals surface area contributed by atoms with Gasteiger partial charge in [0, 0.05) is 12.5 Å². The van der Waals surface area contributed by atoms with Crippen molar-refractivity contribution in [2.45, 2.75) is 69.6 Å². The Bertz CT molecular complexity index is 429. The van der Waals surface area contributed by atoms with Crippen LogP contribution in [0, 0.1) is 5.92 Å². The molecule has 1 N–H and O–H groups in total. The van der Waals surface area contributed by atoms with Crippen LogP contribution in [0.4, 0.5) is 0 Å². The summed E-state index contributed by atoms with van der Waals surface area (Å²) in [6, 6.07) is 0.628. The molecule has 2 fully saturated rings. The Kier molecular flexibility index (Phi) is 5.58. The summed E-state index contributed by atoms with van der Waals surface area (Å²) in [5.74, 6) is 3.68. The zero-order chi connectivity index (χ0) is 14.5. The lowest BCUT2D eigenvalue weighted by molar-refractivity contribution is 0.242. The van der Waals surface area contributed by atoms with Gasteiger partial charge in [0.2, 0.25) is 5.89 Å². The van der Waals surface area contributed by atoms with E-state index in [0.717, 1.165) is 24.7 Å². The summed E-state index contributed by atoms with van der Waals surface area (Å²) >= 11 is 1.99. The molecule has 3 atom stereocenters. The summed E-state index contributed by atoms with van der Waals surface area (Å²) < 4.78 is 5.54. The fourth-order valence-corrected chi connectivity index (χ4v) is 4.87. The molecule has 4 nitrogen and oxygen atoms in total. The predicted octanol–water partition coefficient (Wildman–Crippen LogP) is 3.74. The van der Waals surface area contributed by atoms with E-state index in [-0.39, 0.29) is 0 Å². The van der Waals surface area contributed by atoms with Crippen LogP contribution >= 0.6 is 11.8 Å². The fraction of sp³-hybridized carbons (Fsp3) is 0.875. The van der Waals surface area contributed by atoms with E-state index in [4.69, 9.17) is 9.51 Å². The van der Waals surface area contributed by atoms with Crippen LogP contribution in [-0.2, 0) is 6.42 Å². The Hall–Kier alpha value is -0.550. The Balaban J connectivity index is 1.60. The molecule has 2 aliphatic rings. The van der Waals surface area contributed by atoms with Crippen molar-refractivity contribution in [2.24, 2.45) is 5.92 Å². The van der Waals surface area contributed by atoms with Crippen LogP contribution in [0.5, 0.6) is 0 Å². The average molecular weight is 309 g/mol. The van der Waals surface area contributed by atoms with Crippen LogP contribution in [0.3, 0.4) is 0 Å². The highest BCUT2D eigenvalue weighted by Gasteiger charge is 2.27. The molecule has 1 saturated carbocycles. The maximum Gasteiger partial charge on any atom is 0.227 e. The third-order valence-electron chi connectivity index (χ3n) is 4.76. The molecule has 1 aromatic heterocycles. The van der Waals surface area contributed by atoms with Crippen molar-refractivity contribution < 1.29 is 4.52 Å². The Morgan fingerprint density at radius 3 is 2.86 bits per heavy atom. The molecule has 21 heavy (non-hydrogen) atoms. The minimum absolute atomic E-state index is 0.465. The van der Waals surface area contributed by atoms with Crippen molar-refractivity contribution in [1.29, 1.82) is 0 Å². The van der Waals surface area contributed by atoms with E-state index in [1.54, 1.807) is 0 Å². The van der Waals surface area contributed by atoms with Gasteiger partial charge in [-0.1, -0.05) is 31.3 Å². The van der Waals surface area contributed by atoms with Gasteiger partial charge in [-0.2, -0.15) is 16.7 Å². The van der Waals surface area contributed by atoms with Crippen molar-refractivity contribution in [2.75, 3.05) is 12.3 Å². The molecule has 5 heteroatoms. The second-order valence-electron chi connectivity index (χ2n) is 6.31. The molecule has 1 aliphatic carbocycles. The van der Waals surface area contributed by atoms with Gasteiger partial charge >= 0.3 is 0 Å². The first kappa shape index (κ1) is 15.3. The number of aromatic nitrogens is 2. The highest BCUT2D eigenvalue weighted by Crippen LogP contribution is 2.37. The number of hydrogen-bond donors (Lipinski definition) is 1. The zero-order valence-electron chi connectivity index (χ0n) is 13.0. The van der Waals surface area contributed by atoms with E-state index < -0.39 is 0 Å². The van der Waals surface area contributed by atoms with Crippen LogP contribution in [0.25, 0.3) is 0 Å². The maximum absolute atomic E-state index is 5.54. The van der Waals surface area contributed by atoms with Crippen LogP contribution in [0.15, 0.2) is 4.52 Å². The quantitative estimate of drug-likeness (QED) is 0.898. The van der Waals surface area contributed by atoms with E-state index in [1.807, 2.05) is 11.8 Å². The number of hydrogen-bond acceptors (Lipinski definition) is 5. The lowest BCUT2D eigenvalue weighted by atomic mass is 9.82. The smallest absolute Gasteiger partial charge is 0.227 e. The van der Waals surface area contributed by atoms with E-state index in [1.165, 1.54) is 50.7 Å². The molecule has 0 aromatic carbocycles. The van der Waals surface area contributed by atoms with Crippen molar-refractivity contribution in [3.05, 3.63) is 11.7 Å². The van der Waals surface area contributed by atoms with Gasteiger partial charge < -0.3 is 9.84 Å². The molecule has 1 aromatic rings. The number of nitrogens with zero attached hydrogens (tertiary/aromatic N) is 2. The summed E-state index contributed by atoms with van der Waals surface area (Å²) in [6.45, 7) is 3.24. The first-order chi connectivity index (χ1) is 10.4. The maximum atomic E-state index is 5.54. The minimum Gasteiger partial charge on any atom is -0.339 e. The summed E-state index contributed by atoms with van der Waals surface area (Å²) in [4.78, 5) is 4.70. The molecular weight excluding hydrogens is 282 g/mol. The molecule has 1 aliphatic heterocycles. The van der Waals surface area contributed by atoms with Crippen molar-refractivity contribution in [3.63, 3.8) is 0 Å². The summed E-state index contributed by atoms with van der Waals surface area (Å²) in [6.07, 6.45) is 10.0. The van der Waals surface area contributed by atoms with Gasteiger partial charge in [-0.15, -0.1) is 0 Å². The second-order valence-corrected chi connectivity index (χ2v) is 7.62. The highest BCUT2D eigenvalue weighted by atomic mass is 32.2. The molecule has 3 unspecified atom stereocenters. The summed E-state index contributed by atoms with van der Waals surface area (Å²) in [5.41, 5.74) is 0. The molecule has 1 saturated heterocycles. The molecule has 118 valence electrons. The van der Waals surface area contributed by atoms with Gasteiger partial charge in [0.1, 0.15) is 0 Å². The third-order valence-corrected chi connectivity index (χ3v) is 6.14. The molecule has 0 spiro atoms. The predicted molar refractivity (Wildman–Crippen MR) is 86.5 cm³/mol. The van der Waals surface area contributed by atoms with E-state index >= 15 is 0 Å². The molecule has 3 rings (SSSR count). The van der Waals surface area contributed by atoms with Gasteiger partial charge in [-0.25, -0.2) is 0 Å². The second kappa shape index (κ2) is 7.63. The normalized spacial score (nSPS) is 30.4. The minimum atomic E-state index is 0.465. The van der Waals surface area contributed by atoms with E-state index in [2.05, 4.69) is 17.4 Å². The lowest BCUT2D eigenvalue weighted by Gasteiger charge is -2.31. The van der Waals surface area contributed by atoms with Crippen LogP contribution in [0.1, 0.15) is 68.8 Å². The first-order valence-electron chi connectivity index (χ1n) is 8.54. The zero-order valence-corrected chi connectivity index (χ0v) is 13.8. The summed E-state index contributed by atoms with van der Waals surface area (Å²) in [5, 5.41) is 8.35. The van der Waals surface area contributed by atoms with Crippen molar-refractivity contribution in [1.82, 2.24) is 15.5 Å². The van der Waals surface area contributed by atoms with Crippen LogP contribution in [-0.4, -0.2) is 28.5 Å². The average Bonchev–Trinajstić information content (AvgIpc) is 2.99. The largest absolute Gasteiger partial charge is 0.339 e. The molecule has 0 amide bonds. The Labute approximate surface area is 131 Å². The van der Waals surface area contributed by atoms with Gasteiger partial charge in [0.15, 0.2) is 5.82 Å². The highest BCUT2D eigenvalue weighted by molar-refractivity contribution is 7.99. The number of thioether (sulfide) groups is 1. The number of rotatable bonds is 5. The summed E-state index contributed by atoms with van der Waals surface area (Å²) in [7, 11) is 0. The first-order valence-corrected chi connectivity index (χ1v) is 9.59. The standard InChI is InChI=1S/C16H27N3OS/c1-2-17-13-8-4-3-7-12(13)11-15-18-16(19-20-15)14-9-5-6-10-21-14/h12-14,17H,2-11H2,1H3. The van der Waals surface area contributed by atoms with Gasteiger partial charge in [0.05, 0.1) is 5.25 Å². The molecule has 0 radical (unpaired) electrons. The monoisotopic (exact) mass is 309 g/mol. The van der Waals surface area contributed by atoms with E-state index in [9.17, 15) is 0 Å². The molecule has 2 heterocycles. The topological polar surface area (TPSA) is 51.0 Å². The molecular formula is C16H27N3OS. The number of nitrogens with one attached hydrogen (secondary N) is 1. The lowest BCUT2D eigenvalue weighted by Crippen LogP contribution is -2.39. The van der Waals surface area contributed by atoms with Gasteiger partial charge in [0.25, 0.3) is 0 Å². The molecule has 0 bridgehead atoms. The Morgan fingerprint density at radius 1 is 1.19 bits per heavy atom. The SMILES string of the molecule is CCNC1CCCCC1Cc1nc(C2CCCCS2)no1. The van der Waals surface area contributed by atoms with Gasteiger partial charge in [-0.3, -0.25) is 0 Å². The van der Waals surface area contributed by atoms with E-state index in [0.29, 0.717) is 17.2 Å².